The maximum atomic E-state index is 5.28. The first-order valence-corrected chi connectivity index (χ1v) is 2.37. The van der Waals surface area contributed by atoms with Crippen LogP contribution in [0.1, 0.15) is 0 Å². The first kappa shape index (κ1) is 5.61. The van der Waals surface area contributed by atoms with Gasteiger partial charge in [-0.3, -0.25) is 0 Å². The van der Waals surface area contributed by atoms with E-state index < -0.39 is 0 Å². The number of rotatable bonds is 1. The summed E-state index contributed by atoms with van der Waals surface area (Å²) in [5.41, 5.74) is 10.3. The van der Waals surface area contributed by atoms with E-state index in [1.54, 1.807) is 0 Å². The van der Waals surface area contributed by atoms with Crippen molar-refractivity contribution < 1.29 is 0 Å². The molecule has 0 radical (unpaired) electrons. The highest BCUT2D eigenvalue weighted by Crippen LogP contribution is 2.04. The quantitative estimate of drug-likeness (QED) is 0.352. The molecule has 0 amide bonds. The highest BCUT2D eigenvalue weighted by atomic mass is 15.1. The van der Waals surface area contributed by atoms with E-state index in [4.69, 9.17) is 11.5 Å². The van der Waals surface area contributed by atoms with E-state index >= 15 is 0 Å². The molecule has 1 heterocycles. The lowest BCUT2D eigenvalue weighted by Gasteiger charge is -1.79. The standard InChI is InChI=1S/C4H7N5/c5-2-8-4-7-1-3(6)9-4/h1-2H,6H2,(H3,5,7,8,9). The zero-order chi connectivity index (χ0) is 6.69. The van der Waals surface area contributed by atoms with Crippen molar-refractivity contribution in [3.8, 4) is 0 Å². The maximum absolute atomic E-state index is 5.28. The summed E-state index contributed by atoms with van der Waals surface area (Å²) < 4.78 is 0. The third kappa shape index (κ3) is 1.18. The van der Waals surface area contributed by atoms with Crippen LogP contribution < -0.4 is 11.5 Å². The number of nitrogen functional groups attached to an aromatic ring is 1. The number of aromatic nitrogens is 2. The number of aromatic amines is 1. The molecule has 0 aliphatic heterocycles. The lowest BCUT2D eigenvalue weighted by Crippen LogP contribution is -1.87. The SMILES string of the molecule is NC=Nc1ncc(N)[nH]1. The van der Waals surface area contributed by atoms with Gasteiger partial charge >= 0.3 is 0 Å². The molecule has 0 bridgehead atoms. The van der Waals surface area contributed by atoms with Crippen LogP contribution in [-0.2, 0) is 0 Å². The molecular formula is C4H7N5. The van der Waals surface area contributed by atoms with Crippen molar-refractivity contribution in [2.45, 2.75) is 0 Å². The molecule has 5 nitrogen and oxygen atoms in total. The number of nitrogens with zero attached hydrogens (tertiary/aromatic N) is 2. The van der Waals surface area contributed by atoms with Gasteiger partial charge in [0.1, 0.15) is 5.82 Å². The van der Waals surface area contributed by atoms with Gasteiger partial charge in [-0.25, -0.2) is 9.98 Å². The second-order valence-electron chi connectivity index (χ2n) is 1.44. The fourth-order valence-corrected chi connectivity index (χ4v) is 0.461. The van der Waals surface area contributed by atoms with Crippen LogP contribution in [0, 0.1) is 0 Å². The molecule has 0 spiro atoms. The minimum Gasteiger partial charge on any atom is -0.390 e. The van der Waals surface area contributed by atoms with Crippen LogP contribution in [0.5, 0.6) is 0 Å². The van der Waals surface area contributed by atoms with Gasteiger partial charge in [0.05, 0.1) is 12.5 Å². The molecule has 0 aliphatic carbocycles. The van der Waals surface area contributed by atoms with E-state index in [2.05, 4.69) is 15.0 Å². The molecule has 1 aromatic heterocycles. The number of H-pyrrole nitrogens is 1. The largest absolute Gasteiger partial charge is 0.390 e. The van der Waals surface area contributed by atoms with Gasteiger partial charge in [0.25, 0.3) is 0 Å². The van der Waals surface area contributed by atoms with Crippen LogP contribution in [0.2, 0.25) is 0 Å². The number of nitrogens with one attached hydrogen (secondary N) is 1. The van der Waals surface area contributed by atoms with E-state index in [9.17, 15) is 0 Å². The molecule has 0 saturated carbocycles. The Morgan fingerprint density at radius 1 is 1.78 bits per heavy atom. The third-order valence-corrected chi connectivity index (χ3v) is 0.779. The van der Waals surface area contributed by atoms with Crippen molar-refractivity contribution in [2.75, 3.05) is 5.73 Å². The molecule has 1 aromatic rings. The minimum absolute atomic E-state index is 0.426. The van der Waals surface area contributed by atoms with Crippen molar-refractivity contribution >= 4 is 18.1 Å². The highest BCUT2D eigenvalue weighted by Gasteiger charge is 1.89. The first-order chi connectivity index (χ1) is 4.33. The smallest absolute Gasteiger partial charge is 0.229 e. The first-order valence-electron chi connectivity index (χ1n) is 2.37. The Balaban J connectivity index is 2.85. The van der Waals surface area contributed by atoms with E-state index in [0.717, 1.165) is 6.34 Å². The van der Waals surface area contributed by atoms with Gasteiger partial charge in [0.2, 0.25) is 5.95 Å². The Bertz CT molecular complexity index is 212. The third-order valence-electron chi connectivity index (χ3n) is 0.779. The molecular weight excluding hydrogens is 118 g/mol. The molecule has 0 aliphatic rings. The molecule has 0 aromatic carbocycles. The average molecular weight is 125 g/mol. The molecule has 5 heteroatoms. The average Bonchev–Trinajstić information content (AvgIpc) is 2.17. The van der Waals surface area contributed by atoms with Gasteiger partial charge in [-0.15, -0.1) is 0 Å². The fourth-order valence-electron chi connectivity index (χ4n) is 0.461. The second kappa shape index (κ2) is 2.17. The van der Waals surface area contributed by atoms with E-state index in [1.165, 1.54) is 6.20 Å². The Kier molecular flexibility index (Phi) is 1.35. The van der Waals surface area contributed by atoms with Crippen molar-refractivity contribution in [3.05, 3.63) is 6.20 Å². The molecule has 1 rings (SSSR count). The van der Waals surface area contributed by atoms with Gasteiger partial charge in [-0.1, -0.05) is 0 Å². The summed E-state index contributed by atoms with van der Waals surface area (Å²) in [6.45, 7) is 0. The summed E-state index contributed by atoms with van der Waals surface area (Å²) in [7, 11) is 0. The Morgan fingerprint density at radius 3 is 3.00 bits per heavy atom. The van der Waals surface area contributed by atoms with Gasteiger partial charge < -0.3 is 16.5 Å². The van der Waals surface area contributed by atoms with E-state index in [0.29, 0.717) is 11.8 Å². The van der Waals surface area contributed by atoms with Gasteiger partial charge in [-0.05, 0) is 0 Å². The predicted molar refractivity (Wildman–Crippen MR) is 35.3 cm³/mol. The lowest BCUT2D eigenvalue weighted by molar-refractivity contribution is 1.25. The number of nitrogens with two attached hydrogens (primary N) is 2. The van der Waals surface area contributed by atoms with Crippen LogP contribution in [-0.4, -0.2) is 16.3 Å². The normalized spacial score (nSPS) is 10.7. The lowest BCUT2D eigenvalue weighted by atomic mass is 10.8. The summed E-state index contributed by atoms with van der Waals surface area (Å²) >= 11 is 0. The zero-order valence-electron chi connectivity index (χ0n) is 4.70. The number of anilines is 1. The maximum Gasteiger partial charge on any atom is 0.229 e. The van der Waals surface area contributed by atoms with Crippen molar-refractivity contribution in [1.82, 2.24) is 9.97 Å². The molecule has 0 fully saturated rings. The van der Waals surface area contributed by atoms with Crippen LogP contribution in [0.25, 0.3) is 0 Å². The van der Waals surface area contributed by atoms with Crippen LogP contribution in [0.4, 0.5) is 11.8 Å². The predicted octanol–water partition coefficient (Wildman–Crippen LogP) is -0.390. The van der Waals surface area contributed by atoms with Crippen molar-refractivity contribution in [3.63, 3.8) is 0 Å². The Labute approximate surface area is 51.8 Å². The molecule has 0 saturated heterocycles. The van der Waals surface area contributed by atoms with Crippen LogP contribution in [0.3, 0.4) is 0 Å². The summed E-state index contributed by atoms with van der Waals surface area (Å²) in [4.78, 5) is 10.0. The summed E-state index contributed by atoms with van der Waals surface area (Å²) in [5, 5.41) is 0. The van der Waals surface area contributed by atoms with Gasteiger partial charge in [0, 0.05) is 0 Å². The van der Waals surface area contributed by atoms with Crippen LogP contribution >= 0.6 is 0 Å². The zero-order valence-corrected chi connectivity index (χ0v) is 4.70. The molecule has 9 heavy (non-hydrogen) atoms. The highest BCUT2D eigenvalue weighted by molar-refractivity contribution is 5.56. The van der Waals surface area contributed by atoms with Crippen molar-refractivity contribution in [1.29, 1.82) is 0 Å². The number of hydrogen-bond donors (Lipinski definition) is 3. The van der Waals surface area contributed by atoms with Crippen LogP contribution in [0.15, 0.2) is 11.2 Å². The van der Waals surface area contributed by atoms with Gasteiger partial charge in [0.15, 0.2) is 0 Å². The van der Waals surface area contributed by atoms with Crippen molar-refractivity contribution in [2.24, 2.45) is 10.7 Å². The van der Waals surface area contributed by atoms with Gasteiger partial charge in [-0.2, -0.15) is 0 Å². The second-order valence-corrected chi connectivity index (χ2v) is 1.44. The number of hydrogen-bond acceptors (Lipinski definition) is 3. The number of aliphatic imine (C=N–C) groups is 1. The molecule has 0 unspecified atom stereocenters. The number of imidazole rings is 1. The van der Waals surface area contributed by atoms with E-state index in [-0.39, 0.29) is 0 Å². The Hall–Kier alpha value is -1.52. The summed E-state index contributed by atoms with van der Waals surface area (Å²) in [6.07, 6.45) is 2.63. The summed E-state index contributed by atoms with van der Waals surface area (Å²) in [5.74, 6) is 0.908. The molecule has 5 N–H and O–H groups in total. The molecule has 48 valence electrons. The van der Waals surface area contributed by atoms with E-state index in [1.807, 2.05) is 0 Å². The Morgan fingerprint density at radius 2 is 2.56 bits per heavy atom. The monoisotopic (exact) mass is 125 g/mol. The topological polar surface area (TPSA) is 93.1 Å². The molecule has 0 atom stereocenters. The minimum atomic E-state index is 0.426. The fraction of sp³-hybridized carbons (Fsp3) is 0. The summed E-state index contributed by atoms with van der Waals surface area (Å²) in [6, 6.07) is 0.